The van der Waals surface area contributed by atoms with E-state index in [4.69, 9.17) is 20.1 Å². The van der Waals surface area contributed by atoms with E-state index in [2.05, 4.69) is 5.32 Å². The minimum absolute atomic E-state index is 0.0768. The van der Waals surface area contributed by atoms with Crippen molar-refractivity contribution in [3.8, 4) is 5.75 Å². The molecule has 2 N–H and O–H groups in total. The molecule has 2 rings (SSSR count). The highest BCUT2D eigenvalue weighted by atomic mass is 32.2. The van der Waals surface area contributed by atoms with Crippen LogP contribution in [0, 0.1) is 0 Å². The average molecular weight is 247 g/mol. The summed E-state index contributed by atoms with van der Waals surface area (Å²) in [5.41, 5.74) is 1.03. The summed E-state index contributed by atoms with van der Waals surface area (Å²) in [7, 11) is 5.59. The van der Waals surface area contributed by atoms with E-state index in [1.807, 2.05) is 0 Å². The summed E-state index contributed by atoms with van der Waals surface area (Å²) in [6.07, 6.45) is 1.56. The number of rotatable bonds is 1. The van der Waals surface area contributed by atoms with Crippen LogP contribution in [-0.4, -0.2) is 23.2 Å². The maximum Gasteiger partial charge on any atom is 0.263 e. The number of carbonyl (C=O) groups excluding carboxylic acids is 1. The van der Waals surface area contributed by atoms with Gasteiger partial charge in [0.15, 0.2) is 0 Å². The molecule has 0 saturated carbocycles. The molecule has 16 heavy (non-hydrogen) atoms. The van der Waals surface area contributed by atoms with Crippen molar-refractivity contribution in [1.82, 2.24) is 5.32 Å². The lowest BCUT2D eigenvalue weighted by Gasteiger charge is -2.01. The molecule has 0 aromatic heterocycles. The number of thiocarbonyl (C=S) groups is 1. The van der Waals surface area contributed by atoms with Crippen LogP contribution in [0.2, 0.25) is 0 Å². The normalized spacial score (nSPS) is 17.9. The number of thioether (sulfide) groups is 1. The largest absolute Gasteiger partial charge is 0.507 e. The van der Waals surface area contributed by atoms with Gasteiger partial charge in [-0.3, -0.25) is 4.79 Å². The fraction of sp³-hybridized carbons (Fsp3) is 0. The van der Waals surface area contributed by atoms with E-state index < -0.39 is 0 Å². The molecule has 1 aliphatic rings. The lowest BCUT2D eigenvalue weighted by molar-refractivity contribution is -0.115. The molecule has 1 fully saturated rings. The van der Waals surface area contributed by atoms with Gasteiger partial charge < -0.3 is 10.4 Å². The number of amides is 1. The van der Waals surface area contributed by atoms with Gasteiger partial charge in [-0.1, -0.05) is 41.6 Å². The molecule has 0 atom stereocenters. The molecule has 1 aliphatic heterocycles. The Morgan fingerprint density at radius 3 is 2.88 bits per heavy atom. The van der Waals surface area contributed by atoms with Crippen LogP contribution in [0.5, 0.6) is 5.75 Å². The highest BCUT2D eigenvalue weighted by Gasteiger charge is 2.22. The fourth-order valence-electron chi connectivity index (χ4n) is 1.25. The Morgan fingerprint density at radius 2 is 2.25 bits per heavy atom. The molecule has 0 aliphatic carbocycles. The second-order valence-corrected chi connectivity index (χ2v) is 4.89. The molecule has 1 amide bonds. The molecule has 1 saturated heterocycles. The molecule has 0 bridgehead atoms. The van der Waals surface area contributed by atoms with Crippen LogP contribution >= 0.6 is 24.0 Å². The summed E-state index contributed by atoms with van der Waals surface area (Å²) in [6, 6.07) is 4.67. The van der Waals surface area contributed by atoms with Gasteiger partial charge in [0.1, 0.15) is 17.9 Å². The van der Waals surface area contributed by atoms with Gasteiger partial charge in [0.05, 0.1) is 4.91 Å². The molecular weight excluding hydrogens is 241 g/mol. The van der Waals surface area contributed by atoms with E-state index in [-0.39, 0.29) is 11.7 Å². The van der Waals surface area contributed by atoms with E-state index in [0.29, 0.717) is 20.3 Å². The zero-order chi connectivity index (χ0) is 11.7. The molecule has 0 unspecified atom stereocenters. The van der Waals surface area contributed by atoms with Crippen molar-refractivity contribution in [2.24, 2.45) is 0 Å². The summed E-state index contributed by atoms with van der Waals surface area (Å²) < 4.78 is 0.416. The van der Waals surface area contributed by atoms with Crippen molar-refractivity contribution in [3.63, 3.8) is 0 Å². The van der Waals surface area contributed by atoms with Crippen molar-refractivity contribution in [2.45, 2.75) is 0 Å². The summed E-state index contributed by atoms with van der Waals surface area (Å²) in [5.74, 6) is -0.176. The first-order valence-corrected chi connectivity index (χ1v) is 5.62. The number of hydrogen-bond acceptors (Lipinski definition) is 4. The molecule has 6 heteroatoms. The Kier molecular flexibility index (Phi) is 3.02. The van der Waals surface area contributed by atoms with E-state index >= 15 is 0 Å². The molecular formula is C10H6BNO2S2. The first-order valence-electron chi connectivity index (χ1n) is 4.39. The summed E-state index contributed by atoms with van der Waals surface area (Å²) in [4.78, 5) is 11.8. The SMILES string of the molecule is [B]c1ccc(O)c(/C=C2\SC(=S)NC2=O)c1. The van der Waals surface area contributed by atoms with E-state index in [9.17, 15) is 9.90 Å². The van der Waals surface area contributed by atoms with Gasteiger partial charge in [-0.2, -0.15) is 0 Å². The number of phenols is 1. The Bertz CT molecular complexity index is 514. The molecule has 3 nitrogen and oxygen atoms in total. The number of aromatic hydroxyl groups is 1. The standard InChI is InChI=1S/C10H6BNO2S2/c11-6-1-2-7(13)5(3-6)4-8-9(14)12-10(15)16-8/h1-4,13H,(H,12,14,15)/b8-4-. The molecule has 78 valence electrons. The smallest absolute Gasteiger partial charge is 0.263 e. The van der Waals surface area contributed by atoms with Crippen LogP contribution < -0.4 is 10.8 Å². The summed E-state index contributed by atoms with van der Waals surface area (Å²) in [5, 5.41) is 12.1. The van der Waals surface area contributed by atoms with E-state index in [1.54, 1.807) is 18.2 Å². The third-order valence-corrected chi connectivity index (χ3v) is 3.14. The molecule has 1 aromatic rings. The summed E-state index contributed by atoms with van der Waals surface area (Å²) in [6.45, 7) is 0. The van der Waals surface area contributed by atoms with Crippen LogP contribution in [0.3, 0.4) is 0 Å². The highest BCUT2D eigenvalue weighted by Crippen LogP contribution is 2.28. The first-order chi connectivity index (χ1) is 7.56. The van der Waals surface area contributed by atoms with E-state index in [0.717, 1.165) is 11.8 Å². The maximum absolute atomic E-state index is 11.4. The van der Waals surface area contributed by atoms with Gasteiger partial charge in [0, 0.05) is 5.56 Å². The zero-order valence-electron chi connectivity index (χ0n) is 8.06. The average Bonchev–Trinajstić information content (AvgIpc) is 2.51. The Labute approximate surface area is 103 Å². The van der Waals surface area contributed by atoms with Crippen LogP contribution in [0.15, 0.2) is 23.1 Å². The fourth-order valence-corrected chi connectivity index (χ4v) is 2.29. The van der Waals surface area contributed by atoms with E-state index in [1.165, 1.54) is 6.07 Å². The quantitative estimate of drug-likeness (QED) is 0.435. The number of phenolic OH excluding ortho intramolecular Hbond substituents is 1. The second-order valence-electron chi connectivity index (χ2n) is 3.17. The zero-order valence-corrected chi connectivity index (χ0v) is 9.69. The Balaban J connectivity index is 2.39. The predicted molar refractivity (Wildman–Crippen MR) is 69.8 cm³/mol. The Hall–Kier alpha value is -1.27. The molecule has 0 spiro atoms. The predicted octanol–water partition coefficient (Wildman–Crippen LogP) is 0.675. The Morgan fingerprint density at radius 1 is 1.50 bits per heavy atom. The van der Waals surface area contributed by atoms with Gasteiger partial charge in [-0.25, -0.2) is 0 Å². The van der Waals surface area contributed by atoms with Gasteiger partial charge >= 0.3 is 0 Å². The molecule has 2 radical (unpaired) electrons. The van der Waals surface area contributed by atoms with Crippen LogP contribution in [0.25, 0.3) is 6.08 Å². The number of carbonyl (C=O) groups is 1. The van der Waals surface area contributed by atoms with Gasteiger partial charge in [0.2, 0.25) is 0 Å². The van der Waals surface area contributed by atoms with Crippen LogP contribution in [-0.2, 0) is 4.79 Å². The van der Waals surface area contributed by atoms with Gasteiger partial charge in [0.25, 0.3) is 5.91 Å². The van der Waals surface area contributed by atoms with Gasteiger partial charge in [-0.05, 0) is 12.1 Å². The highest BCUT2D eigenvalue weighted by molar-refractivity contribution is 8.26. The van der Waals surface area contributed by atoms with Crippen molar-refractivity contribution in [1.29, 1.82) is 0 Å². The van der Waals surface area contributed by atoms with Crippen molar-refractivity contribution >= 4 is 53.6 Å². The topological polar surface area (TPSA) is 49.3 Å². The first kappa shape index (κ1) is 11.2. The second kappa shape index (κ2) is 4.31. The lowest BCUT2D eigenvalue weighted by atomic mass is 9.94. The van der Waals surface area contributed by atoms with Crippen LogP contribution in [0.1, 0.15) is 5.56 Å². The van der Waals surface area contributed by atoms with Crippen LogP contribution in [0.4, 0.5) is 0 Å². The maximum atomic E-state index is 11.4. The third kappa shape index (κ3) is 2.28. The number of nitrogens with one attached hydrogen (secondary N) is 1. The molecule has 1 heterocycles. The summed E-state index contributed by atoms with van der Waals surface area (Å²) >= 11 is 6.01. The number of benzene rings is 1. The monoisotopic (exact) mass is 247 g/mol. The van der Waals surface area contributed by atoms with Crippen molar-refractivity contribution in [2.75, 3.05) is 0 Å². The lowest BCUT2D eigenvalue weighted by Crippen LogP contribution is -2.17. The number of hydrogen-bond donors (Lipinski definition) is 2. The van der Waals surface area contributed by atoms with Crippen molar-refractivity contribution < 1.29 is 9.90 Å². The minimum atomic E-state index is -0.253. The third-order valence-electron chi connectivity index (χ3n) is 1.98. The molecule has 1 aromatic carbocycles. The minimum Gasteiger partial charge on any atom is -0.507 e. The van der Waals surface area contributed by atoms with Crippen molar-refractivity contribution in [3.05, 3.63) is 28.7 Å². The van der Waals surface area contributed by atoms with Gasteiger partial charge in [-0.15, -0.1) is 0 Å².